The smallest absolute Gasteiger partial charge is 0.333 e. The van der Waals surface area contributed by atoms with Crippen molar-refractivity contribution in [3.8, 4) is 0 Å². The zero-order chi connectivity index (χ0) is 9.56. The summed E-state index contributed by atoms with van der Waals surface area (Å²) in [5, 5.41) is 0. The lowest BCUT2D eigenvalue weighted by molar-refractivity contribution is -0.136. The summed E-state index contributed by atoms with van der Waals surface area (Å²) in [6.45, 7) is 5.78. The van der Waals surface area contributed by atoms with Gasteiger partial charge in [0.1, 0.15) is 0 Å². The van der Waals surface area contributed by atoms with E-state index in [1.54, 1.807) is 6.92 Å². The van der Waals surface area contributed by atoms with E-state index in [1.807, 2.05) is 13.0 Å². The number of hydrogen-bond acceptors (Lipinski definition) is 2. The molecule has 0 aliphatic heterocycles. The van der Waals surface area contributed by atoms with Gasteiger partial charge in [0.25, 0.3) is 0 Å². The molecule has 0 aliphatic carbocycles. The maximum atomic E-state index is 10.9. The number of rotatable bonds is 3. The highest BCUT2D eigenvalue weighted by Gasteiger charge is 2.01. The number of methoxy groups -OCH3 is 1. The molecule has 0 atom stereocenters. The Morgan fingerprint density at radius 2 is 2.00 bits per heavy atom. The first kappa shape index (κ1) is 11.0. The van der Waals surface area contributed by atoms with Crippen LogP contribution in [0.4, 0.5) is 0 Å². The maximum absolute atomic E-state index is 10.9. The molecule has 0 aromatic rings. The minimum absolute atomic E-state index is 0.265. The third kappa shape index (κ3) is 3.96. The average molecular weight is 168 g/mol. The van der Waals surface area contributed by atoms with Crippen molar-refractivity contribution in [1.29, 1.82) is 0 Å². The van der Waals surface area contributed by atoms with Crippen molar-refractivity contribution >= 4 is 5.97 Å². The second kappa shape index (κ2) is 5.58. The molecule has 0 saturated carbocycles. The minimum Gasteiger partial charge on any atom is -0.466 e. The van der Waals surface area contributed by atoms with Crippen molar-refractivity contribution in [3.63, 3.8) is 0 Å². The van der Waals surface area contributed by atoms with Gasteiger partial charge in [0.15, 0.2) is 0 Å². The Bertz CT molecular complexity index is 212. The first-order valence-electron chi connectivity index (χ1n) is 4.05. The Morgan fingerprint density at radius 1 is 1.42 bits per heavy atom. The summed E-state index contributed by atoms with van der Waals surface area (Å²) in [6.07, 6.45) is 4.87. The van der Waals surface area contributed by atoms with Gasteiger partial charge >= 0.3 is 5.97 Å². The summed E-state index contributed by atoms with van der Waals surface area (Å²) in [5.41, 5.74) is 1.74. The second-order valence-electron chi connectivity index (χ2n) is 2.68. The molecular formula is C10H16O2. The van der Waals surface area contributed by atoms with Crippen LogP contribution in [-0.2, 0) is 9.53 Å². The van der Waals surface area contributed by atoms with E-state index in [4.69, 9.17) is 0 Å². The minimum atomic E-state index is -0.265. The Kier molecular flexibility index (Phi) is 5.09. The highest BCUT2D eigenvalue weighted by molar-refractivity contribution is 5.88. The number of allylic oxidation sites excluding steroid dienone is 3. The van der Waals surface area contributed by atoms with Crippen LogP contribution >= 0.6 is 0 Å². The lowest BCUT2D eigenvalue weighted by Crippen LogP contribution is -2.01. The molecule has 0 spiro atoms. The lowest BCUT2D eigenvalue weighted by Gasteiger charge is -1.98. The number of carbonyl (C=O) groups is 1. The normalized spacial score (nSPS) is 13.0. The SMILES string of the molecule is CCC=C(C)C=C(C)C(=O)OC. The van der Waals surface area contributed by atoms with E-state index in [9.17, 15) is 4.79 Å². The fourth-order valence-corrected chi connectivity index (χ4v) is 0.942. The van der Waals surface area contributed by atoms with Gasteiger partial charge in [-0.25, -0.2) is 4.79 Å². The van der Waals surface area contributed by atoms with Crippen molar-refractivity contribution in [1.82, 2.24) is 0 Å². The van der Waals surface area contributed by atoms with Gasteiger partial charge in [-0.15, -0.1) is 0 Å². The van der Waals surface area contributed by atoms with Gasteiger partial charge in [0.05, 0.1) is 7.11 Å². The molecule has 0 aromatic carbocycles. The van der Waals surface area contributed by atoms with Gasteiger partial charge in [0.2, 0.25) is 0 Å². The van der Waals surface area contributed by atoms with E-state index in [1.165, 1.54) is 7.11 Å². The van der Waals surface area contributed by atoms with Crippen molar-refractivity contribution in [3.05, 3.63) is 23.3 Å². The molecule has 0 heterocycles. The summed E-state index contributed by atoms with van der Waals surface area (Å²) in [7, 11) is 1.39. The van der Waals surface area contributed by atoms with Gasteiger partial charge < -0.3 is 4.74 Å². The van der Waals surface area contributed by atoms with Crippen LogP contribution in [0.3, 0.4) is 0 Å². The van der Waals surface area contributed by atoms with Crippen LogP contribution in [0.2, 0.25) is 0 Å². The molecule has 0 aliphatic rings. The Labute approximate surface area is 73.9 Å². The topological polar surface area (TPSA) is 26.3 Å². The molecular weight excluding hydrogens is 152 g/mol. The Balaban J connectivity index is 4.35. The highest BCUT2D eigenvalue weighted by atomic mass is 16.5. The first-order chi connectivity index (χ1) is 5.61. The van der Waals surface area contributed by atoms with E-state index in [-0.39, 0.29) is 5.97 Å². The van der Waals surface area contributed by atoms with Gasteiger partial charge in [-0.1, -0.05) is 18.6 Å². The predicted octanol–water partition coefficient (Wildman–Crippen LogP) is 2.46. The molecule has 68 valence electrons. The molecule has 0 aromatic heterocycles. The fraction of sp³-hybridized carbons (Fsp3) is 0.500. The standard InChI is InChI=1S/C10H16O2/c1-5-6-8(2)7-9(3)10(11)12-4/h6-7H,5H2,1-4H3. The summed E-state index contributed by atoms with van der Waals surface area (Å²) in [5.74, 6) is -0.265. The van der Waals surface area contributed by atoms with Crippen LogP contribution in [-0.4, -0.2) is 13.1 Å². The molecule has 0 saturated heterocycles. The number of hydrogen-bond donors (Lipinski definition) is 0. The summed E-state index contributed by atoms with van der Waals surface area (Å²) < 4.78 is 4.56. The van der Waals surface area contributed by atoms with E-state index in [2.05, 4.69) is 17.7 Å². The van der Waals surface area contributed by atoms with Crippen molar-refractivity contribution < 1.29 is 9.53 Å². The lowest BCUT2D eigenvalue weighted by atomic mass is 10.1. The van der Waals surface area contributed by atoms with Crippen LogP contribution in [0.15, 0.2) is 23.3 Å². The zero-order valence-electron chi connectivity index (χ0n) is 8.18. The van der Waals surface area contributed by atoms with E-state index in [0.717, 1.165) is 12.0 Å². The van der Waals surface area contributed by atoms with Crippen molar-refractivity contribution in [2.75, 3.05) is 7.11 Å². The molecule has 2 nitrogen and oxygen atoms in total. The molecule has 0 amide bonds. The summed E-state index contributed by atoms with van der Waals surface area (Å²) in [4.78, 5) is 10.9. The number of esters is 1. The van der Waals surface area contributed by atoms with E-state index < -0.39 is 0 Å². The molecule has 2 heteroatoms. The van der Waals surface area contributed by atoms with Crippen LogP contribution in [0.25, 0.3) is 0 Å². The summed E-state index contributed by atoms with van der Waals surface area (Å²) >= 11 is 0. The number of ether oxygens (including phenoxy) is 1. The van der Waals surface area contributed by atoms with Gasteiger partial charge in [0, 0.05) is 5.57 Å². The third-order valence-electron chi connectivity index (χ3n) is 1.48. The molecule has 0 fully saturated rings. The Morgan fingerprint density at radius 3 is 2.42 bits per heavy atom. The molecule has 12 heavy (non-hydrogen) atoms. The van der Waals surface area contributed by atoms with Crippen LogP contribution in [0.5, 0.6) is 0 Å². The Hall–Kier alpha value is -1.05. The zero-order valence-corrected chi connectivity index (χ0v) is 8.18. The van der Waals surface area contributed by atoms with Crippen molar-refractivity contribution in [2.24, 2.45) is 0 Å². The predicted molar refractivity (Wildman–Crippen MR) is 49.8 cm³/mol. The largest absolute Gasteiger partial charge is 0.466 e. The second-order valence-corrected chi connectivity index (χ2v) is 2.68. The summed E-state index contributed by atoms with van der Waals surface area (Å²) in [6, 6.07) is 0. The fourth-order valence-electron chi connectivity index (χ4n) is 0.942. The van der Waals surface area contributed by atoms with E-state index >= 15 is 0 Å². The molecule has 0 rings (SSSR count). The molecule has 0 radical (unpaired) electrons. The monoisotopic (exact) mass is 168 g/mol. The van der Waals surface area contributed by atoms with Crippen molar-refractivity contribution in [2.45, 2.75) is 27.2 Å². The quantitative estimate of drug-likeness (QED) is 0.367. The van der Waals surface area contributed by atoms with Gasteiger partial charge in [-0.2, -0.15) is 0 Å². The van der Waals surface area contributed by atoms with Crippen LogP contribution in [0.1, 0.15) is 27.2 Å². The van der Waals surface area contributed by atoms with Crippen LogP contribution < -0.4 is 0 Å². The maximum Gasteiger partial charge on any atom is 0.333 e. The number of carbonyl (C=O) groups excluding carboxylic acids is 1. The van der Waals surface area contributed by atoms with Gasteiger partial charge in [-0.05, 0) is 26.3 Å². The van der Waals surface area contributed by atoms with Crippen LogP contribution in [0, 0.1) is 0 Å². The highest BCUT2D eigenvalue weighted by Crippen LogP contribution is 2.03. The van der Waals surface area contributed by atoms with E-state index in [0.29, 0.717) is 5.57 Å². The molecule has 0 N–H and O–H groups in total. The molecule has 0 bridgehead atoms. The average Bonchev–Trinajstić information content (AvgIpc) is 2.03. The van der Waals surface area contributed by atoms with Gasteiger partial charge in [-0.3, -0.25) is 0 Å². The molecule has 0 unspecified atom stereocenters. The third-order valence-corrected chi connectivity index (χ3v) is 1.48. The first-order valence-corrected chi connectivity index (χ1v) is 4.05.